The van der Waals surface area contributed by atoms with Crippen molar-refractivity contribution in [2.24, 2.45) is 0 Å². The Bertz CT molecular complexity index is 1570. The van der Waals surface area contributed by atoms with E-state index in [0.717, 1.165) is 16.7 Å². The Morgan fingerprint density at radius 3 is 1.09 bits per heavy atom. The summed E-state index contributed by atoms with van der Waals surface area (Å²) in [5.74, 6) is 0. The number of rotatable bonds is 18. The van der Waals surface area contributed by atoms with Crippen molar-refractivity contribution in [1.82, 2.24) is 0 Å². The van der Waals surface area contributed by atoms with Crippen molar-refractivity contribution in [1.29, 1.82) is 0 Å². The molecule has 3 fully saturated rings. The lowest BCUT2D eigenvalue weighted by Crippen LogP contribution is -2.67. The Hall–Kier alpha value is -2.86. The van der Waals surface area contributed by atoms with Crippen LogP contribution in [-0.2, 0) is 81.4 Å². The highest BCUT2D eigenvalue weighted by atomic mass is 16.8. The molecule has 0 N–H and O–H groups in total. The second-order valence-electron chi connectivity index (χ2n) is 14.7. The Morgan fingerprint density at radius 1 is 0.351 bits per heavy atom. The topological polar surface area (TPSA) is 120 Å². The van der Waals surface area contributed by atoms with Crippen LogP contribution in [0.3, 0.4) is 0 Å². The molecule has 0 saturated carbocycles. The van der Waals surface area contributed by atoms with E-state index < -0.39 is 92.1 Å². The second-order valence-corrected chi connectivity index (χ2v) is 14.7. The lowest BCUT2D eigenvalue weighted by atomic mass is 9.95. The van der Waals surface area contributed by atoms with Crippen LogP contribution in [0.5, 0.6) is 0 Å². The first-order valence-corrected chi connectivity index (χ1v) is 19.7. The molecule has 15 unspecified atom stereocenters. The van der Waals surface area contributed by atoms with E-state index in [1.54, 1.807) is 35.5 Å². The highest BCUT2D eigenvalue weighted by Gasteiger charge is 2.55. The van der Waals surface area contributed by atoms with Gasteiger partial charge in [-0.05, 0) is 37.5 Å². The molecule has 0 spiro atoms. The summed E-state index contributed by atoms with van der Waals surface area (Å²) in [7, 11) is 8.03. The van der Waals surface area contributed by atoms with E-state index in [1.807, 2.05) is 112 Å². The van der Waals surface area contributed by atoms with Gasteiger partial charge in [-0.3, -0.25) is 0 Å². The molecule has 3 aliphatic heterocycles. The van der Waals surface area contributed by atoms with Crippen LogP contribution in [0.15, 0.2) is 91.0 Å². The molecule has 3 aliphatic rings. The van der Waals surface area contributed by atoms with Crippen molar-refractivity contribution in [2.45, 2.75) is 133 Å². The predicted molar refractivity (Wildman–Crippen MR) is 208 cm³/mol. The van der Waals surface area contributed by atoms with Crippen molar-refractivity contribution in [3.63, 3.8) is 0 Å². The molecule has 13 heteroatoms. The monoisotopic (exact) mass is 796 g/mol. The van der Waals surface area contributed by atoms with Crippen LogP contribution in [0.2, 0.25) is 0 Å². The fourth-order valence-electron chi connectivity index (χ4n) is 7.97. The molecule has 0 amide bonds. The number of hydrogen-bond donors (Lipinski definition) is 0. The molecular weight excluding hydrogens is 736 g/mol. The molecule has 0 aromatic heterocycles. The van der Waals surface area contributed by atoms with Gasteiger partial charge in [0.2, 0.25) is 0 Å². The minimum Gasteiger partial charge on any atom is -0.376 e. The largest absolute Gasteiger partial charge is 0.376 e. The number of ether oxygens (including phenoxy) is 13. The normalized spacial score (nSPS) is 35.9. The van der Waals surface area contributed by atoms with Gasteiger partial charge in [0.25, 0.3) is 0 Å². The summed E-state index contributed by atoms with van der Waals surface area (Å²) in [5, 5.41) is 0. The van der Waals surface area contributed by atoms with Crippen molar-refractivity contribution in [2.75, 3.05) is 35.5 Å². The third-order valence-corrected chi connectivity index (χ3v) is 10.9. The Morgan fingerprint density at radius 2 is 0.684 bits per heavy atom. The molecule has 15 atom stereocenters. The highest BCUT2D eigenvalue weighted by Crippen LogP contribution is 2.38. The van der Waals surface area contributed by atoms with Crippen LogP contribution in [0.4, 0.5) is 0 Å². The summed E-state index contributed by atoms with van der Waals surface area (Å²) >= 11 is 0. The maximum absolute atomic E-state index is 7.08. The summed E-state index contributed by atoms with van der Waals surface area (Å²) < 4.78 is 83.5. The SMILES string of the molecule is COC1OC(C)C(OCc2ccccc2)C(OC2OC(C)C(OCc3ccccc3)C(OC3OC(C)C(OC)C(OC)C3OC)C2OCc2ccccc2)C1OC. The predicted octanol–water partition coefficient (Wildman–Crippen LogP) is 5.45. The summed E-state index contributed by atoms with van der Waals surface area (Å²) in [5.41, 5.74) is 2.95. The summed E-state index contributed by atoms with van der Waals surface area (Å²) in [6.07, 6.45) is -9.93. The third kappa shape index (κ3) is 10.7. The van der Waals surface area contributed by atoms with Gasteiger partial charge in [0.05, 0.1) is 38.1 Å². The van der Waals surface area contributed by atoms with Gasteiger partial charge in [-0.15, -0.1) is 0 Å². The molecule has 3 saturated heterocycles. The molecule has 0 bridgehead atoms. The minimum absolute atomic E-state index is 0.225. The first kappa shape index (κ1) is 43.7. The first-order chi connectivity index (χ1) is 27.8. The van der Waals surface area contributed by atoms with Crippen molar-refractivity contribution >= 4 is 0 Å². The molecule has 0 radical (unpaired) electrons. The van der Waals surface area contributed by atoms with Gasteiger partial charge in [-0.1, -0.05) is 91.0 Å². The van der Waals surface area contributed by atoms with E-state index in [4.69, 9.17) is 61.6 Å². The van der Waals surface area contributed by atoms with Gasteiger partial charge in [0.1, 0.15) is 54.9 Å². The number of methoxy groups -OCH3 is 5. The van der Waals surface area contributed by atoms with E-state index in [0.29, 0.717) is 13.2 Å². The van der Waals surface area contributed by atoms with Crippen molar-refractivity contribution in [3.8, 4) is 0 Å². The molecule has 3 aromatic carbocycles. The fourth-order valence-corrected chi connectivity index (χ4v) is 7.97. The first-order valence-electron chi connectivity index (χ1n) is 19.7. The third-order valence-electron chi connectivity index (χ3n) is 10.9. The molecule has 314 valence electrons. The molecule has 6 rings (SSSR count). The van der Waals surface area contributed by atoms with Crippen LogP contribution in [-0.4, -0.2) is 128 Å². The van der Waals surface area contributed by atoms with E-state index in [1.165, 1.54) is 0 Å². The molecule has 13 nitrogen and oxygen atoms in total. The number of hydrogen-bond acceptors (Lipinski definition) is 13. The number of benzene rings is 3. The van der Waals surface area contributed by atoms with Crippen molar-refractivity contribution in [3.05, 3.63) is 108 Å². The van der Waals surface area contributed by atoms with Crippen LogP contribution >= 0.6 is 0 Å². The second kappa shape index (κ2) is 21.4. The quantitative estimate of drug-likeness (QED) is 0.162. The van der Waals surface area contributed by atoms with Gasteiger partial charge < -0.3 is 61.6 Å². The summed E-state index contributed by atoms with van der Waals surface area (Å²) in [6.45, 7) is 6.64. The maximum Gasteiger partial charge on any atom is 0.187 e. The fraction of sp³-hybridized carbons (Fsp3) is 0.591. The zero-order chi connectivity index (χ0) is 40.3. The maximum atomic E-state index is 7.08. The van der Waals surface area contributed by atoms with E-state index in [-0.39, 0.29) is 6.61 Å². The molecule has 3 aromatic rings. The van der Waals surface area contributed by atoms with E-state index in [2.05, 4.69) is 0 Å². The Balaban J connectivity index is 1.37. The Labute approximate surface area is 336 Å². The van der Waals surface area contributed by atoms with Gasteiger partial charge in [-0.25, -0.2) is 0 Å². The van der Waals surface area contributed by atoms with Gasteiger partial charge >= 0.3 is 0 Å². The lowest BCUT2D eigenvalue weighted by molar-refractivity contribution is -0.387. The van der Waals surface area contributed by atoms with Gasteiger partial charge in [-0.2, -0.15) is 0 Å². The minimum atomic E-state index is -1.01. The molecule has 3 heterocycles. The standard InChI is InChI=1S/C44H60O13/c1-27-33(45-4)36(46-5)39(47-6)43(54-27)57-38-35(51-25-31-20-14-10-15-21-31)29(3)55-44(41(38)52-26-32-22-16-11-17-23-32)56-37-34(50-24-30-18-12-9-13-19-30)28(2)53-42(49-8)40(37)48-7/h9-23,27-29,33-44H,24-26H2,1-8H3. The van der Waals surface area contributed by atoms with Crippen LogP contribution in [0, 0.1) is 0 Å². The van der Waals surface area contributed by atoms with Crippen LogP contribution in [0.1, 0.15) is 37.5 Å². The average molecular weight is 797 g/mol. The molecule has 0 aliphatic carbocycles. The van der Waals surface area contributed by atoms with Crippen molar-refractivity contribution < 1.29 is 61.6 Å². The zero-order valence-corrected chi connectivity index (χ0v) is 34.2. The molecule has 57 heavy (non-hydrogen) atoms. The van der Waals surface area contributed by atoms with E-state index in [9.17, 15) is 0 Å². The molecular formula is C44H60O13. The van der Waals surface area contributed by atoms with Gasteiger partial charge in [0.15, 0.2) is 18.9 Å². The van der Waals surface area contributed by atoms with Gasteiger partial charge in [0, 0.05) is 35.5 Å². The smallest absolute Gasteiger partial charge is 0.187 e. The zero-order valence-electron chi connectivity index (χ0n) is 34.2. The average Bonchev–Trinajstić information content (AvgIpc) is 3.23. The Kier molecular flexibility index (Phi) is 16.4. The summed E-state index contributed by atoms with van der Waals surface area (Å²) in [4.78, 5) is 0. The van der Waals surface area contributed by atoms with E-state index >= 15 is 0 Å². The highest BCUT2D eigenvalue weighted by molar-refractivity contribution is 5.15. The van der Waals surface area contributed by atoms with Crippen LogP contribution < -0.4 is 0 Å². The lowest BCUT2D eigenvalue weighted by Gasteiger charge is -2.51. The van der Waals surface area contributed by atoms with Crippen LogP contribution in [0.25, 0.3) is 0 Å². The summed E-state index contributed by atoms with van der Waals surface area (Å²) in [6, 6.07) is 29.8.